The molecule has 1 aliphatic rings. The van der Waals surface area contributed by atoms with E-state index in [4.69, 9.17) is 5.11 Å². The fourth-order valence-electron chi connectivity index (χ4n) is 2.58. The number of carboxylic acids is 1. The number of carbonyl (C=O) groups excluding carboxylic acids is 1. The Morgan fingerprint density at radius 2 is 2.05 bits per heavy atom. The van der Waals surface area contributed by atoms with Crippen LogP contribution in [0.4, 0.5) is 0 Å². The standard InChI is InChI=1S/C15H19NO4/c1-9-3-4-10(2)11(5-9)6-14(18)16-8-12(17)7-13(16)15(19)20/h3-5,12-13,17H,6-8H2,1-2H3,(H,19,20)/t12?,13-/m0/s1. The summed E-state index contributed by atoms with van der Waals surface area (Å²) in [4.78, 5) is 24.7. The maximum absolute atomic E-state index is 12.3. The largest absolute Gasteiger partial charge is 0.480 e. The van der Waals surface area contributed by atoms with Crippen LogP contribution in [0.15, 0.2) is 18.2 Å². The molecule has 1 aliphatic heterocycles. The number of aliphatic hydroxyl groups is 1. The van der Waals surface area contributed by atoms with E-state index < -0.39 is 18.1 Å². The Morgan fingerprint density at radius 1 is 1.35 bits per heavy atom. The monoisotopic (exact) mass is 277 g/mol. The highest BCUT2D eigenvalue weighted by Gasteiger charge is 2.38. The molecule has 1 aromatic carbocycles. The van der Waals surface area contributed by atoms with Gasteiger partial charge in [-0.1, -0.05) is 23.8 Å². The Morgan fingerprint density at radius 3 is 2.70 bits per heavy atom. The first-order valence-corrected chi connectivity index (χ1v) is 6.65. The van der Waals surface area contributed by atoms with Crippen LogP contribution in [-0.4, -0.2) is 45.7 Å². The van der Waals surface area contributed by atoms with Crippen molar-refractivity contribution >= 4 is 11.9 Å². The average Bonchev–Trinajstić information content (AvgIpc) is 2.76. The summed E-state index contributed by atoms with van der Waals surface area (Å²) < 4.78 is 0. The van der Waals surface area contributed by atoms with Crippen molar-refractivity contribution in [2.24, 2.45) is 0 Å². The maximum Gasteiger partial charge on any atom is 0.326 e. The molecular formula is C15H19NO4. The van der Waals surface area contributed by atoms with Gasteiger partial charge in [0.25, 0.3) is 0 Å². The van der Waals surface area contributed by atoms with Gasteiger partial charge in [-0.25, -0.2) is 4.79 Å². The second-order valence-corrected chi connectivity index (χ2v) is 5.40. The Labute approximate surface area is 117 Å². The summed E-state index contributed by atoms with van der Waals surface area (Å²) in [5, 5.41) is 18.7. The van der Waals surface area contributed by atoms with Gasteiger partial charge in [-0.15, -0.1) is 0 Å². The molecule has 5 heteroatoms. The Balaban J connectivity index is 2.15. The minimum atomic E-state index is -1.06. The zero-order chi connectivity index (χ0) is 14.9. The van der Waals surface area contributed by atoms with E-state index in [1.54, 1.807) is 0 Å². The summed E-state index contributed by atoms with van der Waals surface area (Å²) in [6.45, 7) is 3.98. The fraction of sp³-hybridized carbons (Fsp3) is 0.467. The second kappa shape index (κ2) is 5.63. The van der Waals surface area contributed by atoms with E-state index in [9.17, 15) is 14.7 Å². The summed E-state index contributed by atoms with van der Waals surface area (Å²) >= 11 is 0. The van der Waals surface area contributed by atoms with Crippen LogP contribution in [0.5, 0.6) is 0 Å². The number of likely N-dealkylation sites (tertiary alicyclic amines) is 1. The van der Waals surface area contributed by atoms with Gasteiger partial charge in [0.05, 0.1) is 12.5 Å². The lowest BCUT2D eigenvalue weighted by atomic mass is 10.0. The molecule has 0 aliphatic carbocycles. The van der Waals surface area contributed by atoms with Crippen molar-refractivity contribution in [3.05, 3.63) is 34.9 Å². The number of aryl methyl sites for hydroxylation is 2. The van der Waals surface area contributed by atoms with Gasteiger partial charge >= 0.3 is 5.97 Å². The van der Waals surface area contributed by atoms with Crippen LogP contribution in [-0.2, 0) is 16.0 Å². The van der Waals surface area contributed by atoms with Crippen LogP contribution in [0.1, 0.15) is 23.1 Å². The number of benzene rings is 1. The lowest BCUT2D eigenvalue weighted by molar-refractivity contribution is -0.148. The first kappa shape index (κ1) is 14.5. The molecule has 1 unspecified atom stereocenters. The van der Waals surface area contributed by atoms with Gasteiger partial charge in [0, 0.05) is 13.0 Å². The predicted octanol–water partition coefficient (Wildman–Crippen LogP) is 0.892. The first-order valence-electron chi connectivity index (χ1n) is 6.65. The summed E-state index contributed by atoms with van der Waals surface area (Å²) in [6, 6.07) is 4.95. The highest BCUT2D eigenvalue weighted by Crippen LogP contribution is 2.20. The van der Waals surface area contributed by atoms with Gasteiger partial charge in [0.1, 0.15) is 6.04 Å². The number of β-amino-alcohol motifs (C(OH)–C–C–N with tert-alkyl or cyclic N) is 1. The predicted molar refractivity (Wildman–Crippen MR) is 73.4 cm³/mol. The van der Waals surface area contributed by atoms with Crippen LogP contribution in [0.2, 0.25) is 0 Å². The molecule has 2 atom stereocenters. The summed E-state index contributed by atoms with van der Waals surface area (Å²) in [6.07, 6.45) is -0.476. The molecule has 1 amide bonds. The number of hydrogen-bond acceptors (Lipinski definition) is 3. The van der Waals surface area contributed by atoms with Crippen molar-refractivity contribution < 1.29 is 19.8 Å². The van der Waals surface area contributed by atoms with Crippen molar-refractivity contribution in [3.63, 3.8) is 0 Å². The molecule has 20 heavy (non-hydrogen) atoms. The van der Waals surface area contributed by atoms with Crippen LogP contribution >= 0.6 is 0 Å². The van der Waals surface area contributed by atoms with E-state index in [1.807, 2.05) is 32.0 Å². The number of nitrogens with zero attached hydrogens (tertiary/aromatic N) is 1. The average molecular weight is 277 g/mol. The number of hydrogen-bond donors (Lipinski definition) is 2. The maximum atomic E-state index is 12.3. The normalized spacial score (nSPS) is 22.1. The Kier molecular flexibility index (Phi) is 4.09. The van der Waals surface area contributed by atoms with E-state index in [2.05, 4.69) is 0 Å². The van der Waals surface area contributed by atoms with E-state index >= 15 is 0 Å². The van der Waals surface area contributed by atoms with Crippen LogP contribution in [0, 0.1) is 13.8 Å². The molecule has 0 spiro atoms. The number of aliphatic hydroxyl groups excluding tert-OH is 1. The number of carboxylic acid groups (broad SMARTS) is 1. The molecule has 1 heterocycles. The van der Waals surface area contributed by atoms with E-state index in [0.29, 0.717) is 0 Å². The van der Waals surface area contributed by atoms with Crippen molar-refractivity contribution in [1.29, 1.82) is 0 Å². The molecular weight excluding hydrogens is 258 g/mol. The molecule has 0 bridgehead atoms. The number of amides is 1. The molecule has 0 radical (unpaired) electrons. The zero-order valence-corrected chi connectivity index (χ0v) is 11.7. The SMILES string of the molecule is Cc1ccc(C)c(CC(=O)N2CC(O)C[C@H]2C(=O)O)c1. The van der Waals surface area contributed by atoms with Crippen LogP contribution in [0.3, 0.4) is 0 Å². The Hall–Kier alpha value is -1.88. The van der Waals surface area contributed by atoms with Crippen LogP contribution < -0.4 is 0 Å². The topological polar surface area (TPSA) is 77.8 Å². The van der Waals surface area contributed by atoms with Crippen molar-refractivity contribution in [3.8, 4) is 0 Å². The fourth-order valence-corrected chi connectivity index (χ4v) is 2.58. The van der Waals surface area contributed by atoms with Gasteiger partial charge in [0.15, 0.2) is 0 Å². The first-order chi connectivity index (χ1) is 9.38. The van der Waals surface area contributed by atoms with Gasteiger partial charge in [-0.2, -0.15) is 0 Å². The minimum absolute atomic E-state index is 0.0979. The second-order valence-electron chi connectivity index (χ2n) is 5.40. The van der Waals surface area contributed by atoms with E-state index in [1.165, 1.54) is 4.90 Å². The molecule has 108 valence electrons. The van der Waals surface area contributed by atoms with E-state index in [0.717, 1.165) is 16.7 Å². The van der Waals surface area contributed by atoms with Gasteiger partial charge < -0.3 is 15.1 Å². The molecule has 2 N–H and O–H groups in total. The van der Waals surface area contributed by atoms with Crippen molar-refractivity contribution in [2.75, 3.05) is 6.54 Å². The zero-order valence-electron chi connectivity index (χ0n) is 11.7. The third-order valence-electron chi connectivity index (χ3n) is 3.73. The summed E-state index contributed by atoms with van der Waals surface area (Å²) in [7, 11) is 0. The lowest BCUT2D eigenvalue weighted by Gasteiger charge is -2.21. The quantitative estimate of drug-likeness (QED) is 0.860. The smallest absolute Gasteiger partial charge is 0.326 e. The van der Waals surface area contributed by atoms with Gasteiger partial charge in [0.2, 0.25) is 5.91 Å². The number of carbonyl (C=O) groups is 2. The highest BCUT2D eigenvalue weighted by atomic mass is 16.4. The third-order valence-corrected chi connectivity index (χ3v) is 3.73. The molecule has 1 saturated heterocycles. The molecule has 0 saturated carbocycles. The molecule has 1 aromatic rings. The molecule has 0 aromatic heterocycles. The third kappa shape index (κ3) is 2.99. The number of rotatable bonds is 3. The number of aliphatic carboxylic acids is 1. The van der Waals surface area contributed by atoms with Gasteiger partial charge in [-0.3, -0.25) is 4.79 Å². The van der Waals surface area contributed by atoms with Crippen molar-refractivity contribution in [2.45, 2.75) is 38.8 Å². The lowest BCUT2D eigenvalue weighted by Crippen LogP contribution is -2.41. The molecule has 2 rings (SSSR count). The minimum Gasteiger partial charge on any atom is -0.480 e. The Bertz CT molecular complexity index is 541. The summed E-state index contributed by atoms with van der Waals surface area (Å²) in [5.41, 5.74) is 2.98. The van der Waals surface area contributed by atoms with Gasteiger partial charge in [-0.05, 0) is 25.0 Å². The van der Waals surface area contributed by atoms with E-state index in [-0.39, 0.29) is 25.3 Å². The molecule has 1 fully saturated rings. The highest BCUT2D eigenvalue weighted by molar-refractivity contribution is 5.86. The summed E-state index contributed by atoms with van der Waals surface area (Å²) in [5.74, 6) is -1.31. The van der Waals surface area contributed by atoms with Crippen LogP contribution in [0.25, 0.3) is 0 Å². The molecule has 5 nitrogen and oxygen atoms in total. The van der Waals surface area contributed by atoms with Crippen molar-refractivity contribution in [1.82, 2.24) is 4.90 Å².